The monoisotopic (exact) mass is 237 g/mol. The van der Waals surface area contributed by atoms with Gasteiger partial charge >= 0.3 is 5.97 Å². The maximum atomic E-state index is 12.8. The van der Waals surface area contributed by atoms with Gasteiger partial charge < -0.3 is 10.1 Å². The second-order valence-corrected chi connectivity index (χ2v) is 4.31. The van der Waals surface area contributed by atoms with Crippen LogP contribution in [0.2, 0.25) is 0 Å². The lowest BCUT2D eigenvalue weighted by atomic mass is 9.91. The van der Waals surface area contributed by atoms with Crippen molar-refractivity contribution in [3.8, 4) is 0 Å². The average Bonchev–Trinajstić information content (AvgIpc) is 2.39. The summed E-state index contributed by atoms with van der Waals surface area (Å²) in [7, 11) is 1.41. The van der Waals surface area contributed by atoms with Crippen LogP contribution < -0.4 is 5.32 Å². The molecule has 1 N–H and O–H groups in total. The average molecular weight is 237 g/mol. The molecule has 2 rings (SSSR count). The number of rotatable bonds is 2. The molecule has 1 saturated heterocycles. The van der Waals surface area contributed by atoms with Crippen LogP contribution in [0.5, 0.6) is 0 Å². The molecule has 0 radical (unpaired) electrons. The number of benzene rings is 1. The fourth-order valence-corrected chi connectivity index (χ4v) is 2.20. The molecule has 1 aromatic rings. The topological polar surface area (TPSA) is 38.3 Å². The molecule has 1 aromatic carbocycles. The third kappa shape index (κ3) is 2.82. The van der Waals surface area contributed by atoms with E-state index in [4.69, 9.17) is 4.74 Å². The van der Waals surface area contributed by atoms with E-state index in [0.29, 0.717) is 6.54 Å². The molecule has 3 nitrogen and oxygen atoms in total. The van der Waals surface area contributed by atoms with Gasteiger partial charge in [0, 0.05) is 12.6 Å². The Labute approximate surface area is 100.0 Å². The summed E-state index contributed by atoms with van der Waals surface area (Å²) in [6, 6.07) is 6.69. The van der Waals surface area contributed by atoms with Gasteiger partial charge in [-0.15, -0.1) is 0 Å². The van der Waals surface area contributed by atoms with Gasteiger partial charge in [0.25, 0.3) is 0 Å². The summed E-state index contributed by atoms with van der Waals surface area (Å²) in [6.07, 6.45) is 1.67. The molecule has 0 aliphatic carbocycles. The first-order valence-corrected chi connectivity index (χ1v) is 5.77. The van der Waals surface area contributed by atoms with Gasteiger partial charge in [0.15, 0.2) is 0 Å². The largest absolute Gasteiger partial charge is 0.469 e. The van der Waals surface area contributed by atoms with E-state index >= 15 is 0 Å². The zero-order valence-electron chi connectivity index (χ0n) is 9.78. The summed E-state index contributed by atoms with van der Waals surface area (Å²) in [5.74, 6) is -0.441. The summed E-state index contributed by atoms with van der Waals surface area (Å²) >= 11 is 0. The molecule has 92 valence electrons. The van der Waals surface area contributed by atoms with E-state index in [0.717, 1.165) is 18.4 Å². The summed E-state index contributed by atoms with van der Waals surface area (Å²) in [6.45, 7) is 0.620. The van der Waals surface area contributed by atoms with Gasteiger partial charge in [-0.25, -0.2) is 4.39 Å². The number of carbonyl (C=O) groups excluding carboxylic acids is 1. The molecule has 1 heterocycles. The third-order valence-corrected chi connectivity index (χ3v) is 3.22. The van der Waals surface area contributed by atoms with Crippen molar-refractivity contribution in [2.75, 3.05) is 13.7 Å². The fourth-order valence-electron chi connectivity index (χ4n) is 2.20. The molecule has 0 saturated carbocycles. The molecule has 1 aliphatic heterocycles. The highest BCUT2D eigenvalue weighted by molar-refractivity contribution is 5.72. The van der Waals surface area contributed by atoms with Crippen molar-refractivity contribution in [3.05, 3.63) is 35.6 Å². The van der Waals surface area contributed by atoms with Gasteiger partial charge in [0.1, 0.15) is 5.82 Å². The smallest absolute Gasteiger partial charge is 0.309 e. The third-order valence-electron chi connectivity index (χ3n) is 3.22. The number of esters is 1. The lowest BCUT2D eigenvalue weighted by Gasteiger charge is -2.28. The second kappa shape index (κ2) is 5.27. The van der Waals surface area contributed by atoms with Crippen LogP contribution in [0.4, 0.5) is 4.39 Å². The first-order chi connectivity index (χ1) is 8.20. The first kappa shape index (κ1) is 12.0. The van der Waals surface area contributed by atoms with Crippen LogP contribution in [0.15, 0.2) is 24.3 Å². The van der Waals surface area contributed by atoms with E-state index in [9.17, 15) is 9.18 Å². The molecule has 17 heavy (non-hydrogen) atoms. The Morgan fingerprint density at radius 2 is 2.06 bits per heavy atom. The maximum absolute atomic E-state index is 12.8. The Morgan fingerprint density at radius 3 is 2.59 bits per heavy atom. The molecule has 0 amide bonds. The van der Waals surface area contributed by atoms with Gasteiger partial charge in [0.2, 0.25) is 0 Å². The van der Waals surface area contributed by atoms with Crippen LogP contribution in [0, 0.1) is 11.7 Å². The Kier molecular flexibility index (Phi) is 3.74. The summed E-state index contributed by atoms with van der Waals surface area (Å²) in [4.78, 5) is 11.3. The summed E-state index contributed by atoms with van der Waals surface area (Å²) in [5.41, 5.74) is 1.06. The molecule has 0 bridgehead atoms. The van der Waals surface area contributed by atoms with E-state index in [1.807, 2.05) is 0 Å². The van der Waals surface area contributed by atoms with Gasteiger partial charge in [-0.3, -0.25) is 4.79 Å². The van der Waals surface area contributed by atoms with Crippen molar-refractivity contribution in [2.24, 2.45) is 5.92 Å². The highest BCUT2D eigenvalue weighted by atomic mass is 19.1. The van der Waals surface area contributed by atoms with E-state index in [2.05, 4.69) is 5.32 Å². The summed E-state index contributed by atoms with van der Waals surface area (Å²) in [5, 5.41) is 3.30. The molecule has 0 aromatic heterocycles. The van der Waals surface area contributed by atoms with Gasteiger partial charge in [-0.1, -0.05) is 12.1 Å². The minimum atomic E-state index is -0.225. The Balaban J connectivity index is 1.95. The number of carbonyl (C=O) groups is 1. The quantitative estimate of drug-likeness (QED) is 0.800. The zero-order valence-corrected chi connectivity index (χ0v) is 9.78. The molecule has 2 atom stereocenters. The number of halogens is 1. The van der Waals surface area contributed by atoms with Crippen molar-refractivity contribution >= 4 is 5.97 Å². The van der Waals surface area contributed by atoms with Crippen molar-refractivity contribution in [1.82, 2.24) is 5.32 Å². The Hall–Kier alpha value is -1.42. The number of piperidine rings is 1. The fraction of sp³-hybridized carbons (Fsp3) is 0.462. The van der Waals surface area contributed by atoms with Crippen molar-refractivity contribution in [3.63, 3.8) is 0 Å². The SMILES string of the molecule is COC(=O)C1CCC(c2ccc(F)cc2)NC1. The van der Waals surface area contributed by atoms with E-state index in [1.165, 1.54) is 19.2 Å². The number of hydrogen-bond acceptors (Lipinski definition) is 3. The molecule has 1 aliphatic rings. The molecular formula is C13H16FNO2. The lowest BCUT2D eigenvalue weighted by Crippen LogP contribution is -2.37. The molecule has 2 unspecified atom stereocenters. The maximum Gasteiger partial charge on any atom is 0.309 e. The van der Waals surface area contributed by atoms with E-state index < -0.39 is 0 Å². The molecular weight excluding hydrogens is 221 g/mol. The number of ether oxygens (including phenoxy) is 1. The number of hydrogen-bond donors (Lipinski definition) is 1. The van der Waals surface area contributed by atoms with Crippen LogP contribution in [-0.4, -0.2) is 19.6 Å². The number of nitrogens with one attached hydrogen (secondary N) is 1. The normalized spacial score (nSPS) is 24.4. The van der Waals surface area contributed by atoms with Crippen LogP contribution >= 0.6 is 0 Å². The van der Waals surface area contributed by atoms with Gasteiger partial charge in [-0.05, 0) is 30.5 Å². The molecule has 4 heteroatoms. The van der Waals surface area contributed by atoms with Crippen LogP contribution in [0.25, 0.3) is 0 Å². The highest BCUT2D eigenvalue weighted by Gasteiger charge is 2.26. The van der Waals surface area contributed by atoms with E-state index in [1.54, 1.807) is 12.1 Å². The van der Waals surface area contributed by atoms with Crippen LogP contribution in [-0.2, 0) is 9.53 Å². The highest BCUT2D eigenvalue weighted by Crippen LogP contribution is 2.26. The predicted molar refractivity (Wildman–Crippen MR) is 61.9 cm³/mol. The van der Waals surface area contributed by atoms with Crippen LogP contribution in [0.1, 0.15) is 24.4 Å². The second-order valence-electron chi connectivity index (χ2n) is 4.31. The Morgan fingerprint density at radius 1 is 1.35 bits per heavy atom. The minimum absolute atomic E-state index is 0.0586. The summed E-state index contributed by atoms with van der Waals surface area (Å²) < 4.78 is 17.5. The lowest BCUT2D eigenvalue weighted by molar-refractivity contribution is -0.146. The first-order valence-electron chi connectivity index (χ1n) is 5.77. The van der Waals surface area contributed by atoms with Gasteiger partial charge in [-0.2, -0.15) is 0 Å². The van der Waals surface area contributed by atoms with Gasteiger partial charge in [0.05, 0.1) is 13.0 Å². The Bertz CT molecular complexity index is 383. The predicted octanol–water partition coefficient (Wildman–Crippen LogP) is 2.04. The minimum Gasteiger partial charge on any atom is -0.469 e. The van der Waals surface area contributed by atoms with E-state index in [-0.39, 0.29) is 23.7 Å². The molecule has 1 fully saturated rings. The van der Waals surface area contributed by atoms with Crippen molar-refractivity contribution in [1.29, 1.82) is 0 Å². The standard InChI is InChI=1S/C13H16FNO2/c1-17-13(16)10-4-7-12(15-8-10)9-2-5-11(14)6-3-9/h2-3,5-6,10,12,15H,4,7-8H2,1H3. The zero-order chi connectivity index (χ0) is 12.3. The van der Waals surface area contributed by atoms with Crippen LogP contribution in [0.3, 0.4) is 0 Å². The van der Waals surface area contributed by atoms with Crippen molar-refractivity contribution < 1.29 is 13.9 Å². The number of methoxy groups -OCH3 is 1. The molecule has 0 spiro atoms. The van der Waals surface area contributed by atoms with Crippen molar-refractivity contribution in [2.45, 2.75) is 18.9 Å².